The Bertz CT molecular complexity index is 840. The summed E-state index contributed by atoms with van der Waals surface area (Å²) in [6, 6.07) is 12.4. The lowest BCUT2D eigenvalue weighted by molar-refractivity contribution is -0.255. The second kappa shape index (κ2) is 6.41. The van der Waals surface area contributed by atoms with Crippen LogP contribution in [0.25, 0.3) is 0 Å². The molecule has 0 N–H and O–H groups in total. The van der Waals surface area contributed by atoms with E-state index in [4.69, 9.17) is 0 Å². The first-order valence-electron chi connectivity index (χ1n) is 6.32. The van der Waals surface area contributed by atoms with Gasteiger partial charge in [0, 0.05) is 4.90 Å². The van der Waals surface area contributed by atoms with Crippen LogP contribution in [-0.4, -0.2) is 20.6 Å². The number of benzene rings is 2. The summed E-state index contributed by atoms with van der Waals surface area (Å²) >= 11 is 0. The number of hydrogen-bond acceptors (Lipinski definition) is 4. The molecule has 0 radical (unpaired) electrons. The highest BCUT2D eigenvalue weighted by Crippen LogP contribution is 2.17. The maximum atomic E-state index is 12.3. The summed E-state index contributed by atoms with van der Waals surface area (Å²) in [6.45, 7) is 1.86. The zero-order valence-corrected chi connectivity index (χ0v) is 13.6. The fourth-order valence-corrected chi connectivity index (χ4v) is 4.67. The first kappa shape index (κ1) is 16.4. The van der Waals surface area contributed by atoms with E-state index >= 15 is 0 Å². The van der Waals surface area contributed by atoms with Crippen molar-refractivity contribution in [3.63, 3.8) is 0 Å². The standard InChI is InChI=1S/C15H15NO4S2/c1-11-6-8-14(9-7-11)22(19,20)16-21(2)13-5-3-4-12(10-13)15(17)18/h3-10H,1-2H3,(H,17,18)/p-1. The number of aromatic carboxylic acids is 1. The van der Waals surface area contributed by atoms with Gasteiger partial charge in [-0.1, -0.05) is 40.5 Å². The summed E-state index contributed by atoms with van der Waals surface area (Å²) in [5.74, 6) is -1.31. The van der Waals surface area contributed by atoms with Crippen LogP contribution in [-0.2, 0) is 20.7 Å². The highest BCUT2D eigenvalue weighted by atomic mass is 32.3. The number of aryl methyl sites for hydroxylation is 1. The van der Waals surface area contributed by atoms with Crippen LogP contribution in [0.4, 0.5) is 0 Å². The molecular formula is C15H14NO4S2-. The van der Waals surface area contributed by atoms with Crippen LogP contribution in [0.5, 0.6) is 0 Å². The lowest BCUT2D eigenvalue weighted by Gasteiger charge is -2.07. The van der Waals surface area contributed by atoms with Crippen LogP contribution < -0.4 is 5.11 Å². The molecule has 0 bridgehead atoms. The minimum absolute atomic E-state index is 0.000200. The van der Waals surface area contributed by atoms with Crippen LogP contribution in [0, 0.1) is 6.92 Å². The topological polar surface area (TPSA) is 86.6 Å². The Kier molecular flexibility index (Phi) is 4.77. The van der Waals surface area contributed by atoms with E-state index in [9.17, 15) is 18.3 Å². The van der Waals surface area contributed by atoms with Crippen molar-refractivity contribution in [2.24, 2.45) is 3.77 Å². The molecule has 0 aliphatic rings. The molecule has 2 aromatic carbocycles. The van der Waals surface area contributed by atoms with E-state index in [1.54, 1.807) is 24.5 Å². The lowest BCUT2D eigenvalue weighted by Crippen LogP contribution is -2.22. The largest absolute Gasteiger partial charge is 0.545 e. The number of hydrogen-bond donors (Lipinski definition) is 0. The molecule has 0 heterocycles. The minimum Gasteiger partial charge on any atom is -0.545 e. The molecule has 1 atom stereocenters. The number of carbonyl (C=O) groups is 1. The molecule has 0 saturated heterocycles. The molecule has 7 heteroatoms. The van der Waals surface area contributed by atoms with Gasteiger partial charge in [-0.05, 0) is 43.0 Å². The first-order valence-corrected chi connectivity index (χ1v) is 9.35. The minimum atomic E-state index is -3.78. The average molecular weight is 336 g/mol. The van der Waals surface area contributed by atoms with Gasteiger partial charge in [-0.15, -0.1) is 3.77 Å². The van der Waals surface area contributed by atoms with Gasteiger partial charge >= 0.3 is 0 Å². The molecular weight excluding hydrogens is 322 g/mol. The van der Waals surface area contributed by atoms with Gasteiger partial charge in [0.05, 0.1) is 10.9 Å². The summed E-state index contributed by atoms with van der Waals surface area (Å²) in [5, 5.41) is 10.9. The highest BCUT2D eigenvalue weighted by molar-refractivity contribution is 7.99. The molecule has 116 valence electrons. The molecule has 2 aromatic rings. The Balaban J connectivity index is 2.41. The van der Waals surface area contributed by atoms with Gasteiger partial charge in [0.2, 0.25) is 0 Å². The van der Waals surface area contributed by atoms with Crippen LogP contribution in [0.15, 0.2) is 62.1 Å². The van der Waals surface area contributed by atoms with Crippen LogP contribution in [0.3, 0.4) is 0 Å². The number of nitrogens with zero attached hydrogens (tertiary/aromatic N) is 1. The van der Waals surface area contributed by atoms with Crippen molar-refractivity contribution < 1.29 is 18.3 Å². The van der Waals surface area contributed by atoms with Gasteiger partial charge in [0.15, 0.2) is 0 Å². The third kappa shape index (κ3) is 3.80. The molecule has 2 rings (SSSR count). The molecule has 0 saturated carbocycles. The summed E-state index contributed by atoms with van der Waals surface area (Å²) < 4.78 is 28.4. The molecule has 5 nitrogen and oxygen atoms in total. The van der Waals surface area contributed by atoms with Crippen LogP contribution >= 0.6 is 0 Å². The second-order valence-corrected chi connectivity index (χ2v) is 8.10. The van der Waals surface area contributed by atoms with E-state index in [0.29, 0.717) is 4.90 Å². The van der Waals surface area contributed by atoms with Crippen LogP contribution in [0.2, 0.25) is 0 Å². The van der Waals surface area contributed by atoms with Crippen molar-refractivity contribution in [1.29, 1.82) is 0 Å². The summed E-state index contributed by atoms with van der Waals surface area (Å²) in [4.78, 5) is 11.5. The third-order valence-electron chi connectivity index (χ3n) is 2.94. The number of carbonyl (C=O) groups excluding carboxylic acids is 1. The zero-order valence-electron chi connectivity index (χ0n) is 12.0. The Labute approximate surface area is 131 Å². The van der Waals surface area contributed by atoms with E-state index in [0.717, 1.165) is 5.56 Å². The average Bonchev–Trinajstić information content (AvgIpc) is 2.47. The molecule has 0 fully saturated rings. The number of sulfonamides is 1. The van der Waals surface area contributed by atoms with E-state index in [2.05, 4.69) is 3.77 Å². The van der Waals surface area contributed by atoms with E-state index in [-0.39, 0.29) is 10.5 Å². The monoisotopic (exact) mass is 336 g/mol. The Hall–Kier alpha value is -1.99. The summed E-state index contributed by atoms with van der Waals surface area (Å²) in [7, 11) is -4.77. The number of rotatable bonds is 4. The second-order valence-electron chi connectivity index (χ2n) is 4.66. The van der Waals surface area contributed by atoms with Gasteiger partial charge in [-0.3, -0.25) is 0 Å². The Morgan fingerprint density at radius 2 is 1.77 bits per heavy atom. The SMILES string of the molecule is Cc1ccc(S(=O)(=O)N=S(C)c2cccc(C(=O)[O-])c2)cc1. The van der Waals surface area contributed by atoms with Gasteiger partial charge in [-0.2, -0.15) is 8.42 Å². The first-order chi connectivity index (χ1) is 10.3. The lowest BCUT2D eigenvalue weighted by atomic mass is 10.2. The molecule has 0 amide bonds. The highest BCUT2D eigenvalue weighted by Gasteiger charge is 2.13. The Morgan fingerprint density at radius 1 is 1.14 bits per heavy atom. The zero-order chi connectivity index (χ0) is 16.3. The van der Waals surface area contributed by atoms with Crippen molar-refractivity contribution in [1.82, 2.24) is 0 Å². The quantitative estimate of drug-likeness (QED) is 0.847. The number of carboxylic acid groups (broad SMARTS) is 1. The van der Waals surface area contributed by atoms with Gasteiger partial charge in [0.1, 0.15) is 0 Å². The van der Waals surface area contributed by atoms with E-state index in [1.165, 1.54) is 30.3 Å². The summed E-state index contributed by atoms with van der Waals surface area (Å²) in [5.41, 5.74) is 0.955. The van der Waals surface area contributed by atoms with Gasteiger partial charge < -0.3 is 9.90 Å². The van der Waals surface area contributed by atoms with Gasteiger partial charge in [0.25, 0.3) is 10.0 Å². The van der Waals surface area contributed by atoms with Crippen molar-refractivity contribution in [2.75, 3.05) is 6.26 Å². The molecule has 0 aliphatic heterocycles. The van der Waals surface area contributed by atoms with Crippen molar-refractivity contribution >= 4 is 26.7 Å². The summed E-state index contributed by atoms with van der Waals surface area (Å²) in [6.07, 6.45) is 1.63. The smallest absolute Gasteiger partial charge is 0.288 e. The predicted octanol–water partition coefficient (Wildman–Crippen LogP) is 1.54. The maximum absolute atomic E-state index is 12.3. The fourth-order valence-electron chi connectivity index (χ4n) is 1.75. The van der Waals surface area contributed by atoms with E-state index in [1.807, 2.05) is 6.92 Å². The number of carboxylic acids is 1. The van der Waals surface area contributed by atoms with Gasteiger partial charge in [-0.25, -0.2) is 0 Å². The Morgan fingerprint density at radius 3 is 2.36 bits per heavy atom. The molecule has 0 aliphatic carbocycles. The third-order valence-corrected chi connectivity index (χ3v) is 6.42. The van der Waals surface area contributed by atoms with Crippen molar-refractivity contribution in [3.8, 4) is 0 Å². The van der Waals surface area contributed by atoms with E-state index < -0.39 is 26.7 Å². The molecule has 0 aromatic heterocycles. The predicted molar refractivity (Wildman–Crippen MR) is 83.1 cm³/mol. The van der Waals surface area contributed by atoms with Crippen molar-refractivity contribution in [3.05, 3.63) is 59.7 Å². The normalized spacial score (nSPS) is 13.0. The molecule has 22 heavy (non-hydrogen) atoms. The molecule has 0 spiro atoms. The van der Waals surface area contributed by atoms with Crippen LogP contribution in [0.1, 0.15) is 15.9 Å². The van der Waals surface area contributed by atoms with Crippen molar-refractivity contribution in [2.45, 2.75) is 16.7 Å². The molecule has 1 unspecified atom stereocenters. The maximum Gasteiger partial charge on any atom is 0.288 e. The fraction of sp³-hybridized carbons (Fsp3) is 0.133.